The molecule has 0 amide bonds. The molecule has 0 saturated carbocycles. The van der Waals surface area contributed by atoms with Crippen molar-refractivity contribution in [3.63, 3.8) is 0 Å². The predicted octanol–water partition coefficient (Wildman–Crippen LogP) is 5.54. The molecule has 0 spiro atoms. The second-order valence-corrected chi connectivity index (χ2v) is 7.08. The van der Waals surface area contributed by atoms with Gasteiger partial charge in [0, 0.05) is 23.1 Å². The Labute approximate surface area is 170 Å². The molecule has 0 saturated heterocycles. The molecule has 0 fully saturated rings. The number of hydrogen-bond acceptors (Lipinski definition) is 5. The van der Waals surface area contributed by atoms with Crippen molar-refractivity contribution in [2.75, 3.05) is 20.3 Å². The van der Waals surface area contributed by atoms with Gasteiger partial charge in [-0.05, 0) is 41.1 Å². The quantitative estimate of drug-likeness (QED) is 0.347. The summed E-state index contributed by atoms with van der Waals surface area (Å²) in [5, 5.41) is 1.27. The van der Waals surface area contributed by atoms with E-state index in [2.05, 4.69) is 15.9 Å². The lowest BCUT2D eigenvalue weighted by atomic mass is 10.1. The molecule has 1 heterocycles. The Balaban J connectivity index is 1.88. The molecule has 2 aromatic carbocycles. The molecule has 142 valence electrons. The van der Waals surface area contributed by atoms with E-state index >= 15 is 0 Å². The third kappa shape index (κ3) is 4.46. The van der Waals surface area contributed by atoms with Crippen molar-refractivity contribution in [2.24, 2.45) is 0 Å². The number of fused-ring (bicyclic) bond motifs is 1. The first-order valence-electron chi connectivity index (χ1n) is 8.26. The fraction of sp³-hybridized carbons (Fsp3) is 0.250. The van der Waals surface area contributed by atoms with Gasteiger partial charge >= 0.3 is 5.97 Å². The highest BCUT2D eigenvalue weighted by molar-refractivity contribution is 9.10. The Hall–Kier alpha value is -2.02. The number of halogens is 2. The van der Waals surface area contributed by atoms with E-state index in [4.69, 9.17) is 30.2 Å². The summed E-state index contributed by atoms with van der Waals surface area (Å²) in [6.07, 6.45) is 0. The van der Waals surface area contributed by atoms with Crippen molar-refractivity contribution < 1.29 is 23.4 Å². The first-order chi connectivity index (χ1) is 13.0. The van der Waals surface area contributed by atoms with Crippen LogP contribution in [0.1, 0.15) is 21.7 Å². The van der Waals surface area contributed by atoms with Crippen LogP contribution in [0.5, 0.6) is 5.75 Å². The molecule has 0 N–H and O–H groups in total. The van der Waals surface area contributed by atoms with E-state index in [-0.39, 0.29) is 6.61 Å². The molecule has 5 nitrogen and oxygen atoms in total. The van der Waals surface area contributed by atoms with Gasteiger partial charge in [0.2, 0.25) is 0 Å². The van der Waals surface area contributed by atoms with Gasteiger partial charge in [-0.25, -0.2) is 4.79 Å². The number of ether oxygens (including phenoxy) is 3. The van der Waals surface area contributed by atoms with Gasteiger partial charge in [-0.2, -0.15) is 0 Å². The Bertz CT molecular complexity index is 966. The zero-order valence-corrected chi connectivity index (χ0v) is 17.2. The molecule has 0 unspecified atom stereocenters. The molecule has 1 aromatic heterocycles. The first kappa shape index (κ1) is 19.7. The Kier molecular flexibility index (Phi) is 6.42. The van der Waals surface area contributed by atoms with Crippen LogP contribution < -0.4 is 4.74 Å². The third-order valence-corrected chi connectivity index (χ3v) is 4.97. The Morgan fingerprint density at radius 3 is 2.74 bits per heavy atom. The minimum Gasteiger partial charge on any atom is -0.488 e. The zero-order valence-electron chi connectivity index (χ0n) is 14.9. The predicted molar refractivity (Wildman–Crippen MR) is 107 cm³/mol. The highest BCUT2D eigenvalue weighted by Gasteiger charge is 2.21. The molecule has 7 heteroatoms. The van der Waals surface area contributed by atoms with E-state index in [1.807, 2.05) is 24.3 Å². The van der Waals surface area contributed by atoms with E-state index in [0.29, 0.717) is 46.3 Å². The molecule has 27 heavy (non-hydrogen) atoms. The molecule has 0 bridgehead atoms. The third-order valence-electron chi connectivity index (χ3n) is 3.98. The van der Waals surface area contributed by atoms with Crippen LogP contribution in [0.4, 0.5) is 0 Å². The standard InChI is InChI=1S/C20H18BrClO5/c1-12-19(20(23)25-8-7-24-2)14-9-18(15(21)10-17(14)27-12)26-11-13-5-3-4-6-16(13)22/h3-6,9-10H,7-8,11H2,1-2H3. The van der Waals surface area contributed by atoms with Crippen LogP contribution in [0.2, 0.25) is 5.02 Å². The van der Waals surface area contributed by atoms with Crippen LogP contribution in [0.15, 0.2) is 45.3 Å². The van der Waals surface area contributed by atoms with E-state index < -0.39 is 5.97 Å². The summed E-state index contributed by atoms with van der Waals surface area (Å²) in [6.45, 7) is 2.53. The molecule has 3 rings (SSSR count). The van der Waals surface area contributed by atoms with Crippen LogP contribution in [-0.4, -0.2) is 26.3 Å². The van der Waals surface area contributed by atoms with Crippen LogP contribution in [0.25, 0.3) is 11.0 Å². The van der Waals surface area contributed by atoms with Gasteiger partial charge in [0.25, 0.3) is 0 Å². The summed E-state index contributed by atoms with van der Waals surface area (Å²) in [7, 11) is 1.55. The lowest BCUT2D eigenvalue weighted by Gasteiger charge is -2.10. The van der Waals surface area contributed by atoms with Gasteiger partial charge in [0.1, 0.15) is 35.9 Å². The summed E-state index contributed by atoms with van der Waals surface area (Å²) in [6, 6.07) is 11.0. The minimum absolute atomic E-state index is 0.174. The van der Waals surface area contributed by atoms with Crippen molar-refractivity contribution in [2.45, 2.75) is 13.5 Å². The molecule has 0 aliphatic carbocycles. The maximum Gasteiger partial charge on any atom is 0.342 e. The monoisotopic (exact) mass is 452 g/mol. The topological polar surface area (TPSA) is 57.9 Å². The number of aryl methyl sites for hydroxylation is 1. The molecule has 0 aliphatic rings. The maximum atomic E-state index is 12.4. The van der Waals surface area contributed by atoms with Crippen molar-refractivity contribution in [1.29, 1.82) is 0 Å². The lowest BCUT2D eigenvalue weighted by molar-refractivity contribution is 0.0388. The molecule has 0 aliphatic heterocycles. The first-order valence-corrected chi connectivity index (χ1v) is 9.43. The highest BCUT2D eigenvalue weighted by atomic mass is 79.9. The van der Waals surface area contributed by atoms with E-state index in [1.165, 1.54) is 0 Å². The van der Waals surface area contributed by atoms with Crippen molar-refractivity contribution >= 4 is 44.5 Å². The average Bonchev–Trinajstić information content (AvgIpc) is 2.95. The van der Waals surface area contributed by atoms with E-state index in [0.717, 1.165) is 10.0 Å². The Morgan fingerprint density at radius 1 is 1.22 bits per heavy atom. The molecular formula is C20H18BrClO5. The lowest BCUT2D eigenvalue weighted by Crippen LogP contribution is -2.10. The van der Waals surface area contributed by atoms with Crippen molar-refractivity contribution in [1.82, 2.24) is 0 Å². The van der Waals surface area contributed by atoms with E-state index in [1.54, 1.807) is 26.2 Å². The molecule has 3 aromatic rings. The second-order valence-electron chi connectivity index (χ2n) is 5.82. The highest BCUT2D eigenvalue weighted by Crippen LogP contribution is 2.36. The fourth-order valence-electron chi connectivity index (χ4n) is 2.65. The van der Waals surface area contributed by atoms with Crippen molar-refractivity contribution in [3.8, 4) is 5.75 Å². The van der Waals surface area contributed by atoms with E-state index in [9.17, 15) is 4.79 Å². The number of methoxy groups -OCH3 is 1. The van der Waals surface area contributed by atoms with Gasteiger partial charge < -0.3 is 18.6 Å². The maximum absolute atomic E-state index is 12.4. The van der Waals surface area contributed by atoms with Gasteiger partial charge in [0.15, 0.2) is 0 Å². The van der Waals surface area contributed by atoms with Crippen LogP contribution in [-0.2, 0) is 16.1 Å². The van der Waals surface area contributed by atoms with Gasteiger partial charge in [-0.15, -0.1) is 0 Å². The summed E-state index contributed by atoms with van der Waals surface area (Å²) in [5.41, 5.74) is 1.83. The normalized spacial score (nSPS) is 11.0. The largest absolute Gasteiger partial charge is 0.488 e. The van der Waals surface area contributed by atoms with Gasteiger partial charge in [0.05, 0.1) is 11.1 Å². The SMILES string of the molecule is COCCOC(=O)c1c(C)oc2cc(Br)c(OCc3ccccc3Cl)cc12. The van der Waals surface area contributed by atoms with Crippen LogP contribution in [0, 0.1) is 6.92 Å². The van der Waals surface area contributed by atoms with Crippen LogP contribution >= 0.6 is 27.5 Å². The molecule has 0 radical (unpaired) electrons. The fourth-order valence-corrected chi connectivity index (χ4v) is 3.27. The minimum atomic E-state index is -0.456. The zero-order chi connectivity index (χ0) is 19.4. The number of rotatable bonds is 7. The Morgan fingerprint density at radius 2 is 2.00 bits per heavy atom. The number of esters is 1. The summed E-state index contributed by atoms with van der Waals surface area (Å²) in [4.78, 5) is 12.4. The number of carbonyl (C=O) groups is 1. The second kappa shape index (κ2) is 8.78. The smallest absolute Gasteiger partial charge is 0.342 e. The number of furan rings is 1. The number of benzene rings is 2. The summed E-state index contributed by atoms with van der Waals surface area (Å²) >= 11 is 9.66. The summed E-state index contributed by atoms with van der Waals surface area (Å²) < 4.78 is 22.5. The number of hydrogen-bond donors (Lipinski definition) is 0. The average molecular weight is 454 g/mol. The van der Waals surface area contributed by atoms with Gasteiger partial charge in [-0.1, -0.05) is 29.8 Å². The molecule has 0 atom stereocenters. The summed E-state index contributed by atoms with van der Waals surface area (Å²) in [5.74, 6) is 0.611. The number of carbonyl (C=O) groups excluding carboxylic acids is 1. The molecular weight excluding hydrogens is 436 g/mol. The van der Waals surface area contributed by atoms with Crippen molar-refractivity contribution in [3.05, 3.63) is 62.8 Å². The van der Waals surface area contributed by atoms with Crippen LogP contribution in [0.3, 0.4) is 0 Å². The van der Waals surface area contributed by atoms with Gasteiger partial charge in [-0.3, -0.25) is 0 Å².